The van der Waals surface area contributed by atoms with Crippen LogP contribution in [0.1, 0.15) is 32.1 Å². The highest BCUT2D eigenvalue weighted by molar-refractivity contribution is 7.84. The minimum atomic E-state index is -0.763. The van der Waals surface area contributed by atoms with Crippen molar-refractivity contribution >= 4 is 33.4 Å². The Kier molecular flexibility index (Phi) is 5.24. The van der Waals surface area contributed by atoms with Crippen LogP contribution in [0.25, 0.3) is 11.0 Å². The molecule has 1 heterocycles. The molecule has 0 spiro atoms. The summed E-state index contributed by atoms with van der Waals surface area (Å²) in [6.45, 7) is 4.89. The van der Waals surface area contributed by atoms with Crippen molar-refractivity contribution in [2.75, 3.05) is 12.8 Å². The normalized spacial score (nSPS) is 16.2. The zero-order chi connectivity index (χ0) is 14.7. The summed E-state index contributed by atoms with van der Waals surface area (Å²) in [6, 6.07) is 7.75. The minimum Gasteiger partial charge on any atom is -0.459 e. The van der Waals surface area contributed by atoms with Crippen LogP contribution < -0.4 is 5.32 Å². The van der Waals surface area contributed by atoms with Gasteiger partial charge in [0.05, 0.1) is 6.04 Å². The first kappa shape index (κ1) is 15.5. The highest BCUT2D eigenvalue weighted by atomic mass is 35.5. The fraction of sp³-hybridized carbons (Fsp3) is 0.467. The third-order valence-electron chi connectivity index (χ3n) is 3.49. The first-order chi connectivity index (χ1) is 9.47. The molecular weight excluding hydrogens is 294 g/mol. The van der Waals surface area contributed by atoms with Crippen LogP contribution in [-0.2, 0) is 10.8 Å². The number of hydrogen-bond donors (Lipinski definition) is 1. The van der Waals surface area contributed by atoms with Crippen LogP contribution in [-0.4, -0.2) is 22.3 Å². The van der Waals surface area contributed by atoms with Crippen molar-refractivity contribution < 1.29 is 8.63 Å². The van der Waals surface area contributed by atoms with Crippen LogP contribution >= 0.6 is 11.6 Å². The number of hydrogen-bond acceptors (Lipinski definition) is 3. The van der Waals surface area contributed by atoms with Crippen LogP contribution in [0.4, 0.5) is 0 Å². The van der Waals surface area contributed by atoms with Gasteiger partial charge in [-0.15, -0.1) is 0 Å². The lowest BCUT2D eigenvalue weighted by Crippen LogP contribution is -2.23. The molecule has 3 nitrogen and oxygen atoms in total. The van der Waals surface area contributed by atoms with Gasteiger partial charge in [-0.3, -0.25) is 4.21 Å². The highest BCUT2D eigenvalue weighted by Crippen LogP contribution is 2.26. The van der Waals surface area contributed by atoms with Gasteiger partial charge in [0.1, 0.15) is 11.3 Å². The van der Waals surface area contributed by atoms with E-state index in [1.807, 2.05) is 31.2 Å². The van der Waals surface area contributed by atoms with Crippen LogP contribution in [0.5, 0.6) is 0 Å². The van der Waals surface area contributed by atoms with Gasteiger partial charge in [-0.05, 0) is 44.2 Å². The molecule has 3 atom stereocenters. The van der Waals surface area contributed by atoms with E-state index < -0.39 is 10.8 Å². The summed E-state index contributed by atoms with van der Waals surface area (Å²) in [6.07, 6.45) is 2.64. The highest BCUT2D eigenvalue weighted by Gasteiger charge is 2.12. The zero-order valence-corrected chi connectivity index (χ0v) is 13.6. The largest absolute Gasteiger partial charge is 0.459 e. The molecule has 1 aromatic carbocycles. The van der Waals surface area contributed by atoms with Crippen molar-refractivity contribution in [3.63, 3.8) is 0 Å². The van der Waals surface area contributed by atoms with Crippen LogP contribution in [0, 0.1) is 0 Å². The van der Waals surface area contributed by atoms with Crippen molar-refractivity contribution in [1.82, 2.24) is 5.32 Å². The number of rotatable bonds is 6. The molecule has 20 heavy (non-hydrogen) atoms. The molecule has 0 bridgehead atoms. The van der Waals surface area contributed by atoms with E-state index in [9.17, 15) is 4.21 Å². The Balaban J connectivity index is 1.97. The predicted octanol–water partition coefficient (Wildman–Crippen LogP) is 3.89. The van der Waals surface area contributed by atoms with E-state index in [0.717, 1.165) is 29.7 Å². The average molecular weight is 314 g/mol. The second-order valence-corrected chi connectivity index (χ2v) is 7.34. The third-order valence-corrected chi connectivity index (χ3v) is 5.10. The van der Waals surface area contributed by atoms with Crippen molar-refractivity contribution in [3.05, 3.63) is 35.0 Å². The Hall–Kier alpha value is -0.840. The molecule has 3 unspecified atom stereocenters. The molecular formula is C15H20ClNO2S. The summed E-state index contributed by atoms with van der Waals surface area (Å²) in [7, 11) is -0.763. The van der Waals surface area contributed by atoms with Crippen LogP contribution in [0.3, 0.4) is 0 Å². The minimum absolute atomic E-state index is 0.124. The van der Waals surface area contributed by atoms with E-state index in [-0.39, 0.29) is 11.3 Å². The van der Waals surface area contributed by atoms with Gasteiger partial charge in [0.15, 0.2) is 0 Å². The number of nitrogens with one attached hydrogen (secondary N) is 1. The molecule has 5 heteroatoms. The summed E-state index contributed by atoms with van der Waals surface area (Å²) in [5.74, 6) is 0.896. The Bertz CT molecular complexity index is 611. The topological polar surface area (TPSA) is 42.2 Å². The molecule has 1 N–H and O–H groups in total. The average Bonchev–Trinajstić information content (AvgIpc) is 2.81. The lowest BCUT2D eigenvalue weighted by molar-refractivity contribution is 0.448. The van der Waals surface area contributed by atoms with Crippen molar-refractivity contribution in [1.29, 1.82) is 0 Å². The maximum Gasteiger partial charge on any atom is 0.134 e. The van der Waals surface area contributed by atoms with E-state index in [1.165, 1.54) is 0 Å². The van der Waals surface area contributed by atoms with Gasteiger partial charge in [0, 0.05) is 32.7 Å². The smallest absolute Gasteiger partial charge is 0.134 e. The summed E-state index contributed by atoms with van der Waals surface area (Å²) < 4.78 is 17.1. The van der Waals surface area contributed by atoms with E-state index in [4.69, 9.17) is 16.0 Å². The van der Waals surface area contributed by atoms with Crippen LogP contribution in [0.15, 0.2) is 28.7 Å². The lowest BCUT2D eigenvalue weighted by Gasteiger charge is -2.13. The maximum absolute atomic E-state index is 11.3. The van der Waals surface area contributed by atoms with Gasteiger partial charge >= 0.3 is 0 Å². The molecule has 1 aromatic heterocycles. The fourth-order valence-corrected chi connectivity index (χ4v) is 2.65. The molecule has 0 aliphatic heterocycles. The summed E-state index contributed by atoms with van der Waals surface area (Å²) in [5, 5.41) is 5.34. The zero-order valence-electron chi connectivity index (χ0n) is 12.0. The second kappa shape index (κ2) is 6.74. The number of halogens is 1. The molecule has 2 rings (SSSR count). The lowest BCUT2D eigenvalue weighted by atomic mass is 10.2. The van der Waals surface area contributed by atoms with Gasteiger partial charge in [0.2, 0.25) is 0 Å². The number of benzene rings is 1. The molecule has 0 fully saturated rings. The van der Waals surface area contributed by atoms with Gasteiger partial charge in [-0.25, -0.2) is 0 Å². The Morgan fingerprint density at radius 2 is 2.10 bits per heavy atom. The molecule has 0 saturated heterocycles. The van der Waals surface area contributed by atoms with E-state index in [1.54, 1.807) is 6.26 Å². The second-order valence-electron chi connectivity index (χ2n) is 5.10. The van der Waals surface area contributed by atoms with Crippen molar-refractivity contribution in [3.8, 4) is 0 Å². The Labute approximate surface area is 127 Å². The molecule has 0 saturated carbocycles. The van der Waals surface area contributed by atoms with Crippen molar-refractivity contribution in [2.45, 2.75) is 31.6 Å². The molecule has 2 aromatic rings. The van der Waals surface area contributed by atoms with E-state index in [2.05, 4.69) is 12.2 Å². The quantitative estimate of drug-likeness (QED) is 0.879. The third kappa shape index (κ3) is 3.84. The van der Waals surface area contributed by atoms with Crippen molar-refractivity contribution in [2.24, 2.45) is 0 Å². The van der Waals surface area contributed by atoms with Gasteiger partial charge in [-0.2, -0.15) is 0 Å². The SMILES string of the molecule is CC(NCCC(C)S(C)=O)c1cc2cc(Cl)ccc2o1. The molecule has 0 aliphatic carbocycles. The predicted molar refractivity (Wildman–Crippen MR) is 85.8 cm³/mol. The summed E-state index contributed by atoms with van der Waals surface area (Å²) in [4.78, 5) is 0. The van der Waals surface area contributed by atoms with Crippen LogP contribution in [0.2, 0.25) is 5.02 Å². The monoisotopic (exact) mass is 313 g/mol. The maximum atomic E-state index is 11.3. The van der Waals surface area contributed by atoms with Gasteiger partial charge < -0.3 is 9.73 Å². The Morgan fingerprint density at radius 3 is 2.80 bits per heavy atom. The van der Waals surface area contributed by atoms with Gasteiger partial charge in [0.25, 0.3) is 0 Å². The number of fused-ring (bicyclic) bond motifs is 1. The van der Waals surface area contributed by atoms with E-state index in [0.29, 0.717) is 5.02 Å². The summed E-state index contributed by atoms with van der Waals surface area (Å²) in [5.41, 5.74) is 0.848. The Morgan fingerprint density at radius 1 is 1.35 bits per heavy atom. The number of furan rings is 1. The molecule has 110 valence electrons. The standard InChI is InChI=1S/C15H20ClNO2S/c1-10(20(3)18)6-7-17-11(2)15-9-12-8-13(16)4-5-14(12)19-15/h4-5,8-11,17H,6-7H2,1-3H3. The fourth-order valence-electron chi connectivity index (χ4n) is 2.02. The first-order valence-electron chi connectivity index (χ1n) is 6.72. The molecule has 0 radical (unpaired) electrons. The van der Waals surface area contributed by atoms with E-state index >= 15 is 0 Å². The molecule has 0 amide bonds. The molecule has 0 aliphatic rings. The van der Waals surface area contributed by atoms with Gasteiger partial charge in [-0.1, -0.05) is 18.5 Å². The summed E-state index contributed by atoms with van der Waals surface area (Å²) >= 11 is 5.97. The first-order valence-corrected chi connectivity index (χ1v) is 8.72.